The molecule has 1 amide bonds. The van der Waals surface area contributed by atoms with Gasteiger partial charge in [-0.1, -0.05) is 12.1 Å². The van der Waals surface area contributed by atoms with E-state index in [4.69, 9.17) is 5.11 Å². The van der Waals surface area contributed by atoms with Gasteiger partial charge < -0.3 is 10.4 Å². The summed E-state index contributed by atoms with van der Waals surface area (Å²) in [5.74, 6) is -1.78. The molecule has 0 bridgehead atoms. The first kappa shape index (κ1) is 14.9. The predicted octanol–water partition coefficient (Wildman–Crippen LogP) is 2.07. The molecule has 1 aromatic carbocycles. The molecule has 5 heteroatoms. The van der Waals surface area contributed by atoms with Gasteiger partial charge in [-0.25, -0.2) is 4.39 Å². The fraction of sp³-hybridized carbons (Fsp3) is 0.286. The first-order valence-electron chi connectivity index (χ1n) is 5.76. The van der Waals surface area contributed by atoms with Gasteiger partial charge in [0.05, 0.1) is 5.41 Å². The highest BCUT2D eigenvalue weighted by atomic mass is 19.1. The number of hydrogen-bond acceptors (Lipinski definition) is 2. The summed E-state index contributed by atoms with van der Waals surface area (Å²) < 4.78 is 12.9. The fourth-order valence-corrected chi connectivity index (χ4v) is 1.22. The van der Waals surface area contributed by atoms with Crippen molar-refractivity contribution in [3.05, 3.63) is 41.7 Å². The number of rotatable bonds is 5. The molecule has 0 aliphatic rings. The minimum atomic E-state index is -1.03. The van der Waals surface area contributed by atoms with Crippen LogP contribution in [-0.4, -0.2) is 23.5 Å². The van der Waals surface area contributed by atoms with Crippen LogP contribution in [0, 0.1) is 11.2 Å². The lowest BCUT2D eigenvalue weighted by Gasteiger charge is -2.18. The predicted molar refractivity (Wildman–Crippen MR) is 69.9 cm³/mol. The smallest absolute Gasteiger partial charge is 0.310 e. The Kier molecular flexibility index (Phi) is 4.80. The van der Waals surface area contributed by atoms with Crippen molar-refractivity contribution in [2.75, 3.05) is 6.54 Å². The van der Waals surface area contributed by atoms with Crippen molar-refractivity contribution in [3.63, 3.8) is 0 Å². The number of carbonyl (C=O) groups excluding carboxylic acids is 1. The second kappa shape index (κ2) is 6.13. The minimum Gasteiger partial charge on any atom is -0.481 e. The summed E-state index contributed by atoms with van der Waals surface area (Å²) in [7, 11) is 0. The Morgan fingerprint density at radius 1 is 1.42 bits per heavy atom. The van der Waals surface area contributed by atoms with Crippen molar-refractivity contribution in [2.24, 2.45) is 5.41 Å². The SMILES string of the molecule is CC(C)(CNC(=O)/C=C/c1cccc(F)c1)C(=O)O. The summed E-state index contributed by atoms with van der Waals surface area (Å²) in [5, 5.41) is 11.4. The molecular weight excluding hydrogens is 249 g/mol. The van der Waals surface area contributed by atoms with Crippen molar-refractivity contribution in [3.8, 4) is 0 Å². The summed E-state index contributed by atoms with van der Waals surface area (Å²) in [6, 6.07) is 5.81. The number of carboxylic acids is 1. The van der Waals surface area contributed by atoms with Crippen molar-refractivity contribution in [1.82, 2.24) is 5.32 Å². The summed E-state index contributed by atoms with van der Waals surface area (Å²) in [4.78, 5) is 22.3. The highest BCUT2D eigenvalue weighted by Crippen LogP contribution is 2.13. The maximum Gasteiger partial charge on any atom is 0.310 e. The minimum absolute atomic E-state index is 0.0225. The lowest BCUT2D eigenvalue weighted by atomic mass is 9.94. The Labute approximate surface area is 110 Å². The third kappa shape index (κ3) is 4.91. The zero-order valence-corrected chi connectivity index (χ0v) is 10.8. The van der Waals surface area contributed by atoms with Crippen LogP contribution in [0.15, 0.2) is 30.3 Å². The molecule has 0 aliphatic heterocycles. The first-order chi connectivity index (χ1) is 8.81. The maximum atomic E-state index is 12.9. The van der Waals surface area contributed by atoms with E-state index in [1.807, 2.05) is 0 Å². The first-order valence-corrected chi connectivity index (χ1v) is 5.76. The number of hydrogen-bond donors (Lipinski definition) is 2. The Morgan fingerprint density at radius 2 is 2.11 bits per heavy atom. The number of aliphatic carboxylic acids is 1. The van der Waals surface area contributed by atoms with Crippen LogP contribution >= 0.6 is 0 Å². The van der Waals surface area contributed by atoms with E-state index in [0.29, 0.717) is 5.56 Å². The van der Waals surface area contributed by atoms with Gasteiger partial charge in [0.25, 0.3) is 0 Å². The molecule has 0 atom stereocenters. The molecule has 0 saturated carbocycles. The van der Waals surface area contributed by atoms with E-state index in [-0.39, 0.29) is 12.4 Å². The summed E-state index contributed by atoms with van der Waals surface area (Å²) >= 11 is 0. The lowest BCUT2D eigenvalue weighted by Crippen LogP contribution is -2.38. The number of amides is 1. The van der Waals surface area contributed by atoms with E-state index in [2.05, 4.69) is 5.32 Å². The van der Waals surface area contributed by atoms with Crippen LogP contribution in [-0.2, 0) is 9.59 Å². The molecule has 0 radical (unpaired) electrons. The molecule has 1 aromatic rings. The highest BCUT2D eigenvalue weighted by molar-refractivity contribution is 5.92. The van der Waals surface area contributed by atoms with Crippen molar-refractivity contribution in [2.45, 2.75) is 13.8 Å². The number of carboxylic acid groups (broad SMARTS) is 1. The average molecular weight is 265 g/mol. The maximum absolute atomic E-state index is 12.9. The van der Waals surface area contributed by atoms with Gasteiger partial charge in [0.2, 0.25) is 5.91 Å². The lowest BCUT2D eigenvalue weighted by molar-refractivity contribution is -0.146. The molecule has 0 saturated heterocycles. The van der Waals surface area contributed by atoms with Gasteiger partial charge >= 0.3 is 5.97 Å². The van der Waals surface area contributed by atoms with E-state index >= 15 is 0 Å². The summed E-state index contributed by atoms with van der Waals surface area (Å²) in [6.07, 6.45) is 2.71. The Balaban J connectivity index is 2.54. The third-order valence-electron chi connectivity index (χ3n) is 2.56. The second-order valence-electron chi connectivity index (χ2n) is 4.80. The fourth-order valence-electron chi connectivity index (χ4n) is 1.22. The van der Waals surface area contributed by atoms with Crippen LogP contribution < -0.4 is 5.32 Å². The van der Waals surface area contributed by atoms with E-state index in [0.717, 1.165) is 0 Å². The standard InChI is InChI=1S/C14H16FNO3/c1-14(2,13(18)19)9-16-12(17)7-6-10-4-3-5-11(15)8-10/h3-8H,9H2,1-2H3,(H,16,17)(H,18,19)/b7-6+. The van der Waals surface area contributed by atoms with Gasteiger partial charge in [0, 0.05) is 12.6 Å². The van der Waals surface area contributed by atoms with Gasteiger partial charge in [-0.3, -0.25) is 9.59 Å². The number of nitrogens with one attached hydrogen (secondary N) is 1. The molecule has 4 nitrogen and oxygen atoms in total. The topological polar surface area (TPSA) is 66.4 Å². The van der Waals surface area contributed by atoms with Gasteiger partial charge in [-0.15, -0.1) is 0 Å². The Hall–Kier alpha value is -2.17. The highest BCUT2D eigenvalue weighted by Gasteiger charge is 2.27. The van der Waals surface area contributed by atoms with E-state index in [1.54, 1.807) is 12.1 Å². The number of benzene rings is 1. The van der Waals surface area contributed by atoms with Crippen LogP contribution in [0.4, 0.5) is 4.39 Å². The van der Waals surface area contributed by atoms with Gasteiger partial charge in [-0.2, -0.15) is 0 Å². The molecule has 1 rings (SSSR count). The Bertz CT molecular complexity index is 509. The van der Waals surface area contributed by atoms with Gasteiger partial charge in [0.1, 0.15) is 5.82 Å². The van der Waals surface area contributed by atoms with Crippen LogP contribution in [0.1, 0.15) is 19.4 Å². The molecule has 19 heavy (non-hydrogen) atoms. The molecule has 0 aliphatic carbocycles. The largest absolute Gasteiger partial charge is 0.481 e. The van der Waals surface area contributed by atoms with Gasteiger partial charge in [0.15, 0.2) is 0 Å². The van der Waals surface area contributed by atoms with Crippen LogP contribution in [0.5, 0.6) is 0 Å². The number of halogens is 1. The normalized spacial score (nSPS) is 11.5. The molecule has 0 fully saturated rings. The van der Waals surface area contributed by atoms with E-state index < -0.39 is 17.3 Å². The summed E-state index contributed by atoms with van der Waals surface area (Å²) in [5.41, 5.74) is -0.463. The summed E-state index contributed by atoms with van der Waals surface area (Å²) in [6.45, 7) is 3.06. The van der Waals surface area contributed by atoms with Crippen LogP contribution in [0.3, 0.4) is 0 Å². The van der Waals surface area contributed by atoms with Gasteiger partial charge in [-0.05, 0) is 37.6 Å². The third-order valence-corrected chi connectivity index (χ3v) is 2.56. The zero-order chi connectivity index (χ0) is 14.5. The van der Waals surface area contributed by atoms with Crippen LogP contribution in [0.2, 0.25) is 0 Å². The quantitative estimate of drug-likeness (QED) is 0.801. The van der Waals surface area contributed by atoms with E-state index in [9.17, 15) is 14.0 Å². The molecule has 0 aromatic heterocycles. The van der Waals surface area contributed by atoms with Crippen molar-refractivity contribution >= 4 is 18.0 Å². The van der Waals surface area contributed by atoms with Crippen LogP contribution in [0.25, 0.3) is 6.08 Å². The van der Waals surface area contributed by atoms with E-state index in [1.165, 1.54) is 38.1 Å². The molecule has 102 valence electrons. The van der Waals surface area contributed by atoms with Crippen molar-refractivity contribution in [1.29, 1.82) is 0 Å². The monoisotopic (exact) mass is 265 g/mol. The molecule has 0 spiro atoms. The molecule has 2 N–H and O–H groups in total. The molecule has 0 heterocycles. The zero-order valence-electron chi connectivity index (χ0n) is 10.8. The Morgan fingerprint density at radius 3 is 2.68 bits per heavy atom. The number of carbonyl (C=O) groups is 2. The molecule has 0 unspecified atom stereocenters. The molecular formula is C14H16FNO3. The second-order valence-corrected chi connectivity index (χ2v) is 4.80. The van der Waals surface area contributed by atoms with Crippen molar-refractivity contribution < 1.29 is 19.1 Å². The average Bonchev–Trinajstić information content (AvgIpc) is 2.34.